The molecule has 0 spiro atoms. The van der Waals surface area contributed by atoms with Gasteiger partial charge in [0.15, 0.2) is 0 Å². The van der Waals surface area contributed by atoms with Crippen LogP contribution in [0.2, 0.25) is 0 Å². The van der Waals surface area contributed by atoms with Gasteiger partial charge in [0.1, 0.15) is 16.7 Å². The number of carbonyl (C=O) groups is 2. The van der Waals surface area contributed by atoms with Gasteiger partial charge in [-0.3, -0.25) is 9.59 Å². The molecule has 0 saturated carbocycles. The number of ether oxygens (including phenoxy) is 1. The standard InChI is InChI=1S/C23H25BrN4O5S/c24-16-6-8-17-18(9-7-16)27-20(22(25)29)21(17)34(31,32)28-12-13-33-19(14-28)23(30)26-11-10-15-4-2-1-3-5-15/h1-5,7-9,19,27H,6,10-14H2,(H2,25,29)(H,26,30). The highest BCUT2D eigenvalue weighted by atomic mass is 79.9. The van der Waals surface area contributed by atoms with E-state index in [0.29, 0.717) is 30.0 Å². The van der Waals surface area contributed by atoms with Crippen molar-refractivity contribution in [1.29, 1.82) is 0 Å². The van der Waals surface area contributed by atoms with Crippen LogP contribution in [0.3, 0.4) is 0 Å². The van der Waals surface area contributed by atoms with E-state index in [4.69, 9.17) is 10.5 Å². The highest BCUT2D eigenvalue weighted by Gasteiger charge is 2.37. The number of hydrogen-bond donors (Lipinski definition) is 3. The number of rotatable bonds is 7. The summed E-state index contributed by atoms with van der Waals surface area (Å²) in [5.41, 5.74) is 6.40. The summed E-state index contributed by atoms with van der Waals surface area (Å²) in [5, 5.41) is 3.67. The van der Waals surface area contributed by atoms with Gasteiger partial charge in [0, 0.05) is 30.2 Å². The molecule has 1 saturated heterocycles. The van der Waals surface area contributed by atoms with Crippen LogP contribution >= 0.6 is 15.9 Å². The van der Waals surface area contributed by atoms with Crippen molar-refractivity contribution in [2.75, 3.05) is 26.2 Å². The molecule has 2 heterocycles. The molecule has 4 N–H and O–H groups in total. The van der Waals surface area contributed by atoms with Crippen LogP contribution in [0.5, 0.6) is 0 Å². The zero-order valence-corrected chi connectivity index (χ0v) is 20.7. The molecule has 11 heteroatoms. The number of nitrogens with two attached hydrogens (primary N) is 1. The molecule has 1 aromatic heterocycles. The van der Waals surface area contributed by atoms with Crippen molar-refractivity contribution in [2.24, 2.45) is 5.73 Å². The molecular formula is C23H25BrN4O5S. The molecule has 1 aliphatic carbocycles. The number of morpholine rings is 1. The Labute approximate surface area is 205 Å². The van der Waals surface area contributed by atoms with Crippen molar-refractivity contribution in [1.82, 2.24) is 14.6 Å². The number of hydrogen-bond acceptors (Lipinski definition) is 5. The Morgan fingerprint density at radius 2 is 2.00 bits per heavy atom. The second-order valence-electron chi connectivity index (χ2n) is 7.96. The topological polar surface area (TPSA) is 135 Å². The normalized spacial score (nSPS) is 18.6. The van der Waals surface area contributed by atoms with E-state index in [0.717, 1.165) is 10.0 Å². The second kappa shape index (κ2) is 10.3. The third-order valence-electron chi connectivity index (χ3n) is 5.68. The predicted molar refractivity (Wildman–Crippen MR) is 131 cm³/mol. The van der Waals surface area contributed by atoms with Gasteiger partial charge in [-0.05, 0) is 35.0 Å². The average Bonchev–Trinajstić information content (AvgIpc) is 3.12. The molecule has 9 nitrogen and oxygen atoms in total. The molecule has 1 atom stereocenters. The number of halogens is 1. The summed E-state index contributed by atoms with van der Waals surface area (Å²) < 4.78 is 34.9. The van der Waals surface area contributed by atoms with Crippen molar-refractivity contribution >= 4 is 49.9 Å². The smallest absolute Gasteiger partial charge is 0.266 e. The van der Waals surface area contributed by atoms with Crippen LogP contribution in [-0.2, 0) is 26.0 Å². The number of nitrogens with zero attached hydrogens (tertiary/aromatic N) is 1. The Bertz CT molecular complexity index is 1350. The van der Waals surface area contributed by atoms with Crippen molar-refractivity contribution < 1.29 is 22.7 Å². The summed E-state index contributed by atoms with van der Waals surface area (Å²) in [4.78, 5) is 27.4. The Balaban J connectivity index is 1.54. The van der Waals surface area contributed by atoms with E-state index >= 15 is 0 Å². The molecule has 1 unspecified atom stereocenters. The number of benzene rings is 1. The van der Waals surface area contributed by atoms with E-state index in [1.165, 1.54) is 4.31 Å². The first kappa shape index (κ1) is 24.4. The lowest BCUT2D eigenvalue weighted by Gasteiger charge is -2.31. The minimum atomic E-state index is -4.15. The van der Waals surface area contributed by atoms with E-state index in [1.54, 1.807) is 18.2 Å². The van der Waals surface area contributed by atoms with E-state index in [-0.39, 0.29) is 36.2 Å². The lowest BCUT2D eigenvalue weighted by molar-refractivity contribution is -0.136. The molecule has 4 rings (SSSR count). The first-order valence-electron chi connectivity index (χ1n) is 10.8. The van der Waals surface area contributed by atoms with Gasteiger partial charge in [0.25, 0.3) is 11.8 Å². The number of aromatic amines is 1. The number of fused-ring (bicyclic) bond motifs is 1. The summed E-state index contributed by atoms with van der Waals surface area (Å²) in [7, 11) is -4.15. The fourth-order valence-electron chi connectivity index (χ4n) is 3.95. The van der Waals surface area contributed by atoms with E-state index in [2.05, 4.69) is 26.2 Å². The summed E-state index contributed by atoms with van der Waals surface area (Å²) in [6.45, 7) is 0.347. The number of sulfonamides is 1. The van der Waals surface area contributed by atoms with Crippen LogP contribution < -0.4 is 21.6 Å². The maximum Gasteiger partial charge on any atom is 0.266 e. The fraction of sp³-hybridized carbons (Fsp3) is 0.304. The molecular weight excluding hydrogens is 524 g/mol. The van der Waals surface area contributed by atoms with E-state index in [9.17, 15) is 18.0 Å². The molecule has 2 aliphatic rings. The average molecular weight is 549 g/mol. The van der Waals surface area contributed by atoms with Crippen LogP contribution in [0.1, 0.15) is 22.5 Å². The largest absolute Gasteiger partial charge is 0.366 e. The maximum absolute atomic E-state index is 13.7. The fourth-order valence-corrected chi connectivity index (χ4v) is 6.03. The number of nitrogens with one attached hydrogen (secondary N) is 2. The monoisotopic (exact) mass is 548 g/mol. The zero-order valence-electron chi connectivity index (χ0n) is 18.3. The number of aromatic nitrogens is 1. The Kier molecular flexibility index (Phi) is 7.36. The maximum atomic E-state index is 13.7. The molecule has 1 aromatic carbocycles. The van der Waals surface area contributed by atoms with Crippen LogP contribution in [0.15, 0.2) is 45.8 Å². The highest BCUT2D eigenvalue weighted by molar-refractivity contribution is 9.11. The minimum absolute atomic E-state index is 0.0530. The van der Waals surface area contributed by atoms with Gasteiger partial charge in [0.2, 0.25) is 10.0 Å². The number of amides is 2. The van der Waals surface area contributed by atoms with Gasteiger partial charge in [-0.15, -0.1) is 0 Å². The number of allylic oxidation sites excluding steroid dienone is 2. The molecule has 0 bridgehead atoms. The molecule has 34 heavy (non-hydrogen) atoms. The van der Waals surface area contributed by atoms with Crippen molar-refractivity contribution in [3.8, 4) is 0 Å². The molecule has 0 radical (unpaired) electrons. The van der Waals surface area contributed by atoms with Crippen LogP contribution in [0, 0.1) is 0 Å². The van der Waals surface area contributed by atoms with Gasteiger partial charge in [-0.1, -0.05) is 52.3 Å². The van der Waals surface area contributed by atoms with Gasteiger partial charge >= 0.3 is 0 Å². The summed E-state index contributed by atoms with van der Waals surface area (Å²) in [6.07, 6.45) is 5.34. The Hall–Kier alpha value is -2.73. The molecule has 1 fully saturated rings. The zero-order chi connectivity index (χ0) is 24.3. The third kappa shape index (κ3) is 5.17. The molecule has 2 aromatic rings. The van der Waals surface area contributed by atoms with E-state index in [1.807, 2.05) is 30.3 Å². The van der Waals surface area contributed by atoms with E-state index < -0.39 is 22.0 Å². The van der Waals surface area contributed by atoms with Crippen LogP contribution in [0.4, 0.5) is 0 Å². The third-order valence-corrected chi connectivity index (χ3v) is 8.21. The first-order chi connectivity index (χ1) is 16.3. The minimum Gasteiger partial charge on any atom is -0.366 e. The highest BCUT2D eigenvalue weighted by Crippen LogP contribution is 2.20. The van der Waals surface area contributed by atoms with Crippen LogP contribution in [-0.4, -0.2) is 61.9 Å². The van der Waals surface area contributed by atoms with Gasteiger partial charge in [-0.25, -0.2) is 8.42 Å². The van der Waals surface area contributed by atoms with Gasteiger partial charge in [-0.2, -0.15) is 4.31 Å². The molecule has 180 valence electrons. The lowest BCUT2D eigenvalue weighted by Crippen LogP contribution is -2.52. The molecule has 1 aliphatic heterocycles. The Morgan fingerprint density at radius 1 is 1.24 bits per heavy atom. The second-order valence-corrected chi connectivity index (χ2v) is 10.9. The summed E-state index contributed by atoms with van der Waals surface area (Å²) in [5.74, 6) is -1.26. The van der Waals surface area contributed by atoms with Crippen molar-refractivity contribution in [3.63, 3.8) is 0 Å². The molecule has 2 amide bonds. The summed E-state index contributed by atoms with van der Waals surface area (Å²) in [6, 6.07) is 9.71. The SMILES string of the molecule is NC(=O)c1[nH]c2c(c1S(=O)(=O)N1CCOC(C(=O)NCCc3ccccc3)C1)=CCC(Br)=CC=2. The lowest BCUT2D eigenvalue weighted by atomic mass is 10.1. The number of primary amides is 1. The quantitative estimate of drug-likeness (QED) is 0.451. The predicted octanol–water partition coefficient (Wildman–Crippen LogP) is 0.106. The number of carbonyl (C=O) groups excluding carboxylic acids is 2. The Morgan fingerprint density at radius 3 is 2.74 bits per heavy atom. The van der Waals surface area contributed by atoms with Gasteiger partial charge in [0.05, 0.1) is 6.61 Å². The van der Waals surface area contributed by atoms with Crippen molar-refractivity contribution in [3.05, 3.63) is 62.7 Å². The van der Waals surface area contributed by atoms with Crippen LogP contribution in [0.25, 0.3) is 12.2 Å². The van der Waals surface area contributed by atoms with Crippen molar-refractivity contribution in [2.45, 2.75) is 23.8 Å². The summed E-state index contributed by atoms with van der Waals surface area (Å²) >= 11 is 3.41. The van der Waals surface area contributed by atoms with Gasteiger partial charge < -0.3 is 20.8 Å². The number of H-pyrrole nitrogens is 1. The first-order valence-corrected chi connectivity index (χ1v) is 13.0.